The van der Waals surface area contributed by atoms with Crippen LogP contribution in [0.1, 0.15) is 37.1 Å². The smallest absolute Gasteiger partial charge is 0.225 e. The van der Waals surface area contributed by atoms with Crippen molar-refractivity contribution in [3.05, 3.63) is 48.0 Å². The van der Waals surface area contributed by atoms with E-state index in [1.165, 1.54) is 0 Å². The van der Waals surface area contributed by atoms with Crippen LogP contribution in [0.5, 0.6) is 0 Å². The van der Waals surface area contributed by atoms with Crippen molar-refractivity contribution < 1.29 is 9.59 Å². The molecule has 2 fully saturated rings. The van der Waals surface area contributed by atoms with Crippen LogP contribution in [0.15, 0.2) is 36.7 Å². The maximum Gasteiger partial charge on any atom is 0.225 e. The van der Waals surface area contributed by atoms with Gasteiger partial charge in [0.25, 0.3) is 0 Å². The van der Waals surface area contributed by atoms with Gasteiger partial charge in [-0.25, -0.2) is 0 Å². The second-order valence-electron chi connectivity index (χ2n) is 8.65. The molecule has 1 N–H and O–H groups in total. The van der Waals surface area contributed by atoms with Crippen molar-refractivity contribution in [1.29, 1.82) is 0 Å². The van der Waals surface area contributed by atoms with E-state index in [2.05, 4.69) is 26.4 Å². The van der Waals surface area contributed by atoms with E-state index in [0.29, 0.717) is 26.1 Å². The average molecular weight is 425 g/mol. The highest BCUT2D eigenvalue weighted by molar-refractivity contribution is 5.82. The molecule has 2 aromatic heterocycles. The number of carbonyl (C=O) groups is 2. The minimum Gasteiger partial charge on any atom is -0.353 e. The van der Waals surface area contributed by atoms with Gasteiger partial charge in [-0.05, 0) is 44.4 Å². The zero-order valence-electron chi connectivity index (χ0n) is 18.2. The number of hydrogen-bond donors (Lipinski definition) is 1. The summed E-state index contributed by atoms with van der Waals surface area (Å²) < 4.78 is 1.85. The van der Waals surface area contributed by atoms with E-state index < -0.39 is 0 Å². The van der Waals surface area contributed by atoms with E-state index in [9.17, 15) is 9.59 Å². The van der Waals surface area contributed by atoms with Crippen molar-refractivity contribution in [2.24, 2.45) is 5.92 Å². The number of hydrogen-bond acceptors (Lipinski definition) is 5. The molecule has 0 aliphatic carbocycles. The molecular weight excluding hydrogens is 392 g/mol. The van der Waals surface area contributed by atoms with Crippen LogP contribution in [0.3, 0.4) is 0 Å². The molecule has 2 saturated heterocycles. The number of amides is 2. The zero-order chi connectivity index (χ0) is 21.6. The van der Waals surface area contributed by atoms with Crippen LogP contribution in [0.4, 0.5) is 0 Å². The van der Waals surface area contributed by atoms with E-state index >= 15 is 0 Å². The fourth-order valence-electron chi connectivity index (χ4n) is 4.47. The Labute approximate surface area is 183 Å². The molecule has 2 aliphatic rings. The molecule has 8 nitrogen and oxygen atoms in total. The summed E-state index contributed by atoms with van der Waals surface area (Å²) in [7, 11) is 0. The van der Waals surface area contributed by atoms with Crippen molar-refractivity contribution >= 4 is 11.8 Å². The fourth-order valence-corrected chi connectivity index (χ4v) is 4.47. The van der Waals surface area contributed by atoms with Crippen LogP contribution in [-0.2, 0) is 22.7 Å². The van der Waals surface area contributed by atoms with Crippen LogP contribution >= 0.6 is 0 Å². The van der Waals surface area contributed by atoms with Crippen molar-refractivity contribution in [3.63, 3.8) is 0 Å². The number of nitrogens with zero attached hydrogens (tertiary/aromatic N) is 5. The van der Waals surface area contributed by atoms with Crippen molar-refractivity contribution in [2.45, 2.75) is 51.7 Å². The Bertz CT molecular complexity index is 875. The Balaban J connectivity index is 1.17. The summed E-state index contributed by atoms with van der Waals surface area (Å²) in [5, 5.41) is 7.46. The molecule has 4 heterocycles. The summed E-state index contributed by atoms with van der Waals surface area (Å²) >= 11 is 0. The molecule has 2 amide bonds. The van der Waals surface area contributed by atoms with Crippen LogP contribution in [0, 0.1) is 12.8 Å². The van der Waals surface area contributed by atoms with Crippen LogP contribution in [0.25, 0.3) is 0 Å². The number of nitrogens with one attached hydrogen (secondary N) is 1. The van der Waals surface area contributed by atoms with Crippen molar-refractivity contribution in [1.82, 2.24) is 29.9 Å². The zero-order valence-corrected chi connectivity index (χ0v) is 18.2. The highest BCUT2D eigenvalue weighted by atomic mass is 16.2. The lowest BCUT2D eigenvalue weighted by Gasteiger charge is -2.32. The van der Waals surface area contributed by atoms with Gasteiger partial charge in [-0.2, -0.15) is 5.10 Å². The van der Waals surface area contributed by atoms with Crippen LogP contribution < -0.4 is 5.32 Å². The average Bonchev–Trinajstić information content (AvgIpc) is 3.44. The number of likely N-dealkylation sites (tertiary alicyclic amines) is 2. The maximum atomic E-state index is 12.8. The molecule has 0 spiro atoms. The third-order valence-corrected chi connectivity index (χ3v) is 6.42. The Kier molecular flexibility index (Phi) is 6.96. The molecule has 0 saturated carbocycles. The topological polar surface area (TPSA) is 83.4 Å². The van der Waals surface area contributed by atoms with E-state index in [1.807, 2.05) is 40.9 Å². The largest absolute Gasteiger partial charge is 0.353 e. The Morgan fingerprint density at radius 2 is 1.94 bits per heavy atom. The summed E-state index contributed by atoms with van der Waals surface area (Å²) in [5.41, 5.74) is 2.14. The molecular formula is C23H32N6O2. The standard InChI is InChI=1S/C23H32N6O2/c1-18-5-11-25-29(18)15-9-22(30)28-14-6-19(16-28)23(31)26-20-7-12-27(13-8-20)17-21-4-2-3-10-24-21/h2-5,10-11,19-20H,6-9,12-17H2,1H3,(H,26,31). The first-order valence-corrected chi connectivity index (χ1v) is 11.3. The number of aryl methyl sites for hydroxylation is 2. The monoisotopic (exact) mass is 424 g/mol. The first-order valence-electron chi connectivity index (χ1n) is 11.3. The molecule has 0 radical (unpaired) electrons. The van der Waals surface area contributed by atoms with Gasteiger partial charge in [0.05, 0.1) is 11.6 Å². The highest BCUT2D eigenvalue weighted by Gasteiger charge is 2.32. The summed E-state index contributed by atoms with van der Waals surface area (Å²) in [6.07, 6.45) is 6.66. The summed E-state index contributed by atoms with van der Waals surface area (Å²) in [6, 6.07) is 8.16. The van der Waals surface area contributed by atoms with E-state index in [0.717, 1.165) is 50.3 Å². The van der Waals surface area contributed by atoms with Gasteiger partial charge < -0.3 is 10.2 Å². The molecule has 4 rings (SSSR count). The van der Waals surface area contributed by atoms with Crippen molar-refractivity contribution in [2.75, 3.05) is 26.2 Å². The second-order valence-corrected chi connectivity index (χ2v) is 8.65. The molecule has 166 valence electrons. The number of aromatic nitrogens is 3. The van der Waals surface area contributed by atoms with Gasteiger partial charge >= 0.3 is 0 Å². The molecule has 2 aliphatic heterocycles. The predicted molar refractivity (Wildman–Crippen MR) is 117 cm³/mol. The Morgan fingerprint density at radius 3 is 2.65 bits per heavy atom. The van der Waals surface area contributed by atoms with Gasteiger partial charge in [0.2, 0.25) is 11.8 Å². The van der Waals surface area contributed by atoms with Gasteiger partial charge in [0, 0.05) is 69.8 Å². The van der Waals surface area contributed by atoms with Gasteiger partial charge in [-0.3, -0.25) is 24.2 Å². The van der Waals surface area contributed by atoms with Gasteiger partial charge in [-0.15, -0.1) is 0 Å². The minimum absolute atomic E-state index is 0.0954. The summed E-state index contributed by atoms with van der Waals surface area (Å²) in [5.74, 6) is 0.108. The molecule has 1 unspecified atom stereocenters. The molecule has 8 heteroatoms. The fraction of sp³-hybridized carbons (Fsp3) is 0.565. The van der Waals surface area contributed by atoms with Crippen molar-refractivity contribution in [3.8, 4) is 0 Å². The number of pyridine rings is 1. The third kappa shape index (κ3) is 5.70. The second kappa shape index (κ2) is 10.0. The number of piperidine rings is 1. The number of rotatable bonds is 7. The van der Waals surface area contributed by atoms with E-state index in [4.69, 9.17) is 0 Å². The molecule has 2 aromatic rings. The number of carbonyl (C=O) groups excluding carboxylic acids is 2. The first-order chi connectivity index (χ1) is 15.1. The molecule has 1 atom stereocenters. The molecule has 31 heavy (non-hydrogen) atoms. The highest BCUT2D eigenvalue weighted by Crippen LogP contribution is 2.19. The lowest BCUT2D eigenvalue weighted by molar-refractivity contribution is -0.131. The lowest BCUT2D eigenvalue weighted by atomic mass is 10.0. The van der Waals surface area contributed by atoms with Gasteiger partial charge in [0.15, 0.2) is 0 Å². The van der Waals surface area contributed by atoms with Gasteiger partial charge in [-0.1, -0.05) is 6.07 Å². The maximum absolute atomic E-state index is 12.8. The summed E-state index contributed by atoms with van der Waals surface area (Å²) in [4.78, 5) is 33.9. The Hall–Kier alpha value is -2.74. The quantitative estimate of drug-likeness (QED) is 0.730. The normalized spacial score (nSPS) is 20.2. The van der Waals surface area contributed by atoms with Crippen LogP contribution in [0.2, 0.25) is 0 Å². The Morgan fingerprint density at radius 1 is 1.10 bits per heavy atom. The van der Waals surface area contributed by atoms with Crippen LogP contribution in [-0.4, -0.2) is 68.6 Å². The SMILES string of the molecule is Cc1ccnn1CCC(=O)N1CCC(C(=O)NC2CCN(Cc3ccccn3)CC2)C1. The third-order valence-electron chi connectivity index (χ3n) is 6.42. The van der Waals surface area contributed by atoms with E-state index in [-0.39, 0.29) is 23.8 Å². The van der Waals surface area contributed by atoms with E-state index in [1.54, 1.807) is 6.20 Å². The predicted octanol–water partition coefficient (Wildman–Crippen LogP) is 1.61. The summed E-state index contributed by atoms with van der Waals surface area (Å²) in [6.45, 7) is 6.55. The first kappa shape index (κ1) is 21.5. The minimum atomic E-state index is -0.0954. The lowest BCUT2D eigenvalue weighted by Crippen LogP contribution is -2.46. The molecule has 0 bridgehead atoms. The molecule has 0 aromatic carbocycles. The van der Waals surface area contributed by atoms with Gasteiger partial charge in [0.1, 0.15) is 0 Å².